The van der Waals surface area contributed by atoms with Crippen molar-refractivity contribution in [2.45, 2.75) is 56.5 Å². The van der Waals surface area contributed by atoms with Crippen LogP contribution in [0, 0.1) is 17.7 Å². The van der Waals surface area contributed by atoms with E-state index in [4.69, 9.17) is 21.4 Å². The molecule has 2 saturated heterocycles. The molecule has 0 spiro atoms. The van der Waals surface area contributed by atoms with Gasteiger partial charge in [-0.05, 0) is 42.4 Å². The second kappa shape index (κ2) is 17.3. The van der Waals surface area contributed by atoms with Crippen molar-refractivity contribution in [1.29, 1.82) is 0 Å². The van der Waals surface area contributed by atoms with Gasteiger partial charge in [0.2, 0.25) is 11.9 Å². The van der Waals surface area contributed by atoms with Gasteiger partial charge in [-0.25, -0.2) is 14.4 Å². The maximum Gasteiger partial charge on any atom is 0.310 e. The van der Waals surface area contributed by atoms with Crippen LogP contribution in [-0.2, 0) is 27.2 Å². The number of halogens is 2. The van der Waals surface area contributed by atoms with Crippen LogP contribution < -0.4 is 10.2 Å². The normalized spacial score (nSPS) is 18.5. The molecule has 6 N–H and O–H groups in total. The fourth-order valence-electron chi connectivity index (χ4n) is 5.59. The average Bonchev–Trinajstić information content (AvgIpc) is 3.02. The third-order valence-electron chi connectivity index (χ3n) is 8.52. The highest BCUT2D eigenvalue weighted by Gasteiger charge is 2.32. The highest BCUT2D eigenvalue weighted by molar-refractivity contribution is 6.30. The summed E-state index contributed by atoms with van der Waals surface area (Å²) in [5, 5.41) is 51.2. The molecule has 2 aromatic rings. The topological polar surface area (TPSA) is 189 Å². The van der Waals surface area contributed by atoms with Gasteiger partial charge in [0.1, 0.15) is 24.1 Å². The first kappa shape index (κ1) is 35.9. The molecule has 3 heterocycles. The average molecular weight is 668 g/mol. The van der Waals surface area contributed by atoms with E-state index in [2.05, 4.69) is 20.2 Å². The van der Waals surface area contributed by atoms with Gasteiger partial charge in [0, 0.05) is 45.2 Å². The van der Waals surface area contributed by atoms with Gasteiger partial charge in [0.15, 0.2) is 0 Å². The summed E-state index contributed by atoms with van der Waals surface area (Å²) in [6.07, 6.45) is -0.672. The maximum absolute atomic E-state index is 14.8. The minimum atomic E-state index is -1.69. The summed E-state index contributed by atoms with van der Waals surface area (Å²) in [6.45, 7) is 2.43. The van der Waals surface area contributed by atoms with Crippen molar-refractivity contribution in [3.8, 4) is 0 Å². The van der Waals surface area contributed by atoms with Crippen molar-refractivity contribution in [1.82, 2.24) is 20.2 Å². The van der Waals surface area contributed by atoms with Crippen LogP contribution in [0.2, 0.25) is 5.02 Å². The van der Waals surface area contributed by atoms with Crippen LogP contribution >= 0.6 is 11.6 Å². The molecular weight excluding hydrogens is 625 g/mol. The zero-order valence-corrected chi connectivity index (χ0v) is 26.3. The second-order valence-electron chi connectivity index (χ2n) is 12.0. The van der Waals surface area contributed by atoms with Crippen molar-refractivity contribution in [3.05, 3.63) is 52.6 Å². The van der Waals surface area contributed by atoms with Crippen molar-refractivity contribution in [2.24, 2.45) is 11.8 Å². The number of aliphatic hydroxyl groups is 5. The molecular formula is C31H43ClFN5O8. The van der Waals surface area contributed by atoms with Crippen molar-refractivity contribution >= 4 is 29.4 Å². The number of hydrogen-bond donors (Lipinski definition) is 6. The van der Waals surface area contributed by atoms with Crippen molar-refractivity contribution in [2.75, 3.05) is 57.4 Å². The molecule has 1 amide bonds. The SMILES string of the molecule is O=C(Cc1ccc(CC(=O)N2CC(CNC[C@H](O)[C@@H](O)[C@H](O)[C@H](O)CO)C2)c(F)c1)OCCC1CCN(c2ncc(Cl)cn2)CC1. The number of amides is 1. The summed E-state index contributed by atoms with van der Waals surface area (Å²) in [5.41, 5.74) is 0.704. The Bertz CT molecular complexity index is 1280. The zero-order valence-electron chi connectivity index (χ0n) is 25.5. The molecule has 4 atom stereocenters. The molecule has 0 aliphatic carbocycles. The second-order valence-corrected chi connectivity index (χ2v) is 12.5. The van der Waals surface area contributed by atoms with Gasteiger partial charge in [0.25, 0.3) is 0 Å². The summed E-state index contributed by atoms with van der Waals surface area (Å²) in [7, 11) is 0. The Morgan fingerprint density at radius 1 is 1.02 bits per heavy atom. The summed E-state index contributed by atoms with van der Waals surface area (Å²) < 4.78 is 20.2. The monoisotopic (exact) mass is 667 g/mol. The van der Waals surface area contributed by atoms with Gasteiger partial charge >= 0.3 is 5.97 Å². The number of nitrogens with zero attached hydrogens (tertiary/aromatic N) is 4. The van der Waals surface area contributed by atoms with Gasteiger partial charge in [-0.2, -0.15) is 0 Å². The summed E-state index contributed by atoms with van der Waals surface area (Å²) in [6, 6.07) is 4.40. The number of rotatable bonds is 16. The van der Waals surface area contributed by atoms with Crippen LogP contribution in [0.4, 0.5) is 10.3 Å². The Labute approximate surface area is 272 Å². The highest BCUT2D eigenvalue weighted by atomic mass is 35.5. The molecule has 15 heteroatoms. The third-order valence-corrected chi connectivity index (χ3v) is 8.72. The lowest BCUT2D eigenvalue weighted by atomic mass is 9.94. The number of anilines is 1. The first-order valence-corrected chi connectivity index (χ1v) is 15.9. The number of carbonyl (C=O) groups is 2. The van der Waals surface area contributed by atoms with Gasteiger partial charge in [0.05, 0.1) is 49.6 Å². The standard InChI is InChI=1S/C31H43ClFN5O8/c32-23-13-35-31(36-14-23)37-6-3-19(4-7-37)5-8-46-28(43)10-20-1-2-22(24(33)9-20)11-27(42)38-16-21(17-38)12-34-15-25(40)29(44)30(45)26(41)18-39/h1-2,9,13-14,19,21,25-26,29-30,34,39-41,44-45H,3-8,10-12,15-18H2/t25-,26+,29+,30+/m0/s1. The molecule has 4 rings (SSSR count). The van der Waals surface area contributed by atoms with Gasteiger partial charge in [-0.3, -0.25) is 9.59 Å². The van der Waals surface area contributed by atoms with Crippen LogP contribution in [-0.4, -0.2) is 129 Å². The smallest absolute Gasteiger partial charge is 0.310 e. The van der Waals surface area contributed by atoms with Crippen molar-refractivity contribution in [3.63, 3.8) is 0 Å². The highest BCUT2D eigenvalue weighted by Crippen LogP contribution is 2.24. The number of nitrogens with one attached hydrogen (secondary N) is 1. The predicted molar refractivity (Wildman–Crippen MR) is 165 cm³/mol. The Morgan fingerprint density at radius 3 is 2.35 bits per heavy atom. The number of piperidine rings is 1. The molecule has 254 valence electrons. The molecule has 1 aromatic heterocycles. The summed E-state index contributed by atoms with van der Waals surface area (Å²) in [4.78, 5) is 37.2. The molecule has 2 fully saturated rings. The van der Waals surface area contributed by atoms with Crippen molar-refractivity contribution < 1.29 is 44.2 Å². The number of likely N-dealkylation sites (tertiary alicyclic amines) is 1. The van der Waals surface area contributed by atoms with Gasteiger partial charge < -0.3 is 45.4 Å². The Morgan fingerprint density at radius 2 is 1.70 bits per heavy atom. The number of hydrogen-bond acceptors (Lipinski definition) is 12. The van der Waals surface area contributed by atoms with E-state index in [9.17, 15) is 34.4 Å². The summed E-state index contributed by atoms with van der Waals surface area (Å²) in [5.74, 6) is -0.0541. The van der Waals surface area contributed by atoms with E-state index < -0.39 is 42.8 Å². The molecule has 2 aliphatic heterocycles. The Hall–Kier alpha value is -2.98. The quantitative estimate of drug-likeness (QED) is 0.128. The van der Waals surface area contributed by atoms with Crippen LogP contribution in [0.5, 0.6) is 0 Å². The lowest BCUT2D eigenvalue weighted by Gasteiger charge is -2.39. The number of aromatic nitrogens is 2. The first-order chi connectivity index (χ1) is 22.0. The minimum absolute atomic E-state index is 0.0622. The minimum Gasteiger partial charge on any atom is -0.465 e. The van der Waals surface area contributed by atoms with E-state index in [-0.39, 0.29) is 36.8 Å². The fraction of sp³-hybridized carbons (Fsp3) is 0.613. The number of aliphatic hydroxyl groups excluding tert-OH is 5. The Balaban J connectivity index is 1.09. The van der Waals surface area contributed by atoms with E-state index in [1.54, 1.807) is 23.4 Å². The van der Waals surface area contributed by atoms with Crippen LogP contribution in [0.15, 0.2) is 30.6 Å². The van der Waals surface area contributed by atoms with E-state index in [1.807, 2.05) is 0 Å². The van der Waals surface area contributed by atoms with Crippen LogP contribution in [0.1, 0.15) is 30.4 Å². The van der Waals surface area contributed by atoms with Crippen LogP contribution in [0.3, 0.4) is 0 Å². The molecule has 0 saturated carbocycles. The molecule has 0 radical (unpaired) electrons. The largest absolute Gasteiger partial charge is 0.465 e. The first-order valence-electron chi connectivity index (χ1n) is 15.5. The number of ether oxygens (including phenoxy) is 1. The zero-order chi connectivity index (χ0) is 33.2. The molecule has 46 heavy (non-hydrogen) atoms. The lowest BCUT2D eigenvalue weighted by molar-refractivity contribution is -0.143. The summed E-state index contributed by atoms with van der Waals surface area (Å²) >= 11 is 5.86. The van der Waals surface area contributed by atoms with E-state index in [0.717, 1.165) is 32.4 Å². The van der Waals surface area contributed by atoms with E-state index in [0.29, 0.717) is 48.7 Å². The number of benzene rings is 1. The van der Waals surface area contributed by atoms with Crippen LogP contribution in [0.25, 0.3) is 0 Å². The fourth-order valence-corrected chi connectivity index (χ4v) is 5.69. The van der Waals surface area contributed by atoms with Gasteiger partial charge in [-0.15, -0.1) is 0 Å². The lowest BCUT2D eigenvalue weighted by Crippen LogP contribution is -2.55. The Kier molecular flexibility index (Phi) is 13.5. The predicted octanol–water partition coefficient (Wildman–Crippen LogP) is -0.312. The van der Waals surface area contributed by atoms with E-state index in [1.165, 1.54) is 12.1 Å². The molecule has 2 aliphatic rings. The maximum atomic E-state index is 14.8. The molecule has 0 bridgehead atoms. The molecule has 1 aromatic carbocycles. The number of esters is 1. The number of carbonyl (C=O) groups excluding carboxylic acids is 2. The third kappa shape index (κ3) is 10.3. The molecule has 13 nitrogen and oxygen atoms in total. The molecule has 0 unspecified atom stereocenters. The van der Waals surface area contributed by atoms with E-state index >= 15 is 0 Å². The van der Waals surface area contributed by atoms with Gasteiger partial charge in [-0.1, -0.05) is 23.7 Å².